The summed E-state index contributed by atoms with van der Waals surface area (Å²) < 4.78 is 0. The average Bonchev–Trinajstić information content (AvgIpc) is 3.34. The lowest BCUT2D eigenvalue weighted by molar-refractivity contribution is -0.140. The van der Waals surface area contributed by atoms with Crippen molar-refractivity contribution >= 4 is 59.3 Å². The zero-order valence-corrected chi connectivity index (χ0v) is 18.6. The number of likely N-dealkylation sites (tertiary alicyclic amines) is 1. The third kappa shape index (κ3) is 5.24. The molecule has 2 amide bonds. The van der Waals surface area contributed by atoms with Crippen molar-refractivity contribution in [1.29, 1.82) is 0 Å². The van der Waals surface area contributed by atoms with Crippen LogP contribution in [0, 0.1) is 0 Å². The fourth-order valence-corrected chi connectivity index (χ4v) is 5.25. The third-order valence-electron chi connectivity index (χ3n) is 4.93. The van der Waals surface area contributed by atoms with Gasteiger partial charge in [-0.1, -0.05) is 6.07 Å². The molecule has 28 heavy (non-hydrogen) atoms. The van der Waals surface area contributed by atoms with E-state index in [1.54, 1.807) is 22.7 Å². The summed E-state index contributed by atoms with van der Waals surface area (Å²) in [5.41, 5.74) is 0.837. The van der Waals surface area contributed by atoms with Gasteiger partial charge in [-0.3, -0.25) is 9.59 Å². The van der Waals surface area contributed by atoms with Gasteiger partial charge in [0.05, 0.1) is 23.5 Å². The summed E-state index contributed by atoms with van der Waals surface area (Å²) in [6, 6.07) is 4.21. The van der Waals surface area contributed by atoms with Crippen LogP contribution in [0.4, 0.5) is 0 Å². The molecular weight excluding hydrogens is 439 g/mol. The first kappa shape index (κ1) is 23.1. The topological polar surface area (TPSA) is 65.5 Å². The van der Waals surface area contributed by atoms with Crippen molar-refractivity contribution in [1.82, 2.24) is 20.1 Å². The number of aromatic nitrogens is 1. The monoisotopic (exact) mass is 462 g/mol. The van der Waals surface area contributed by atoms with Crippen molar-refractivity contribution in [3.05, 3.63) is 28.6 Å². The summed E-state index contributed by atoms with van der Waals surface area (Å²) >= 11 is 3.25. The minimum Gasteiger partial charge on any atom is -0.340 e. The van der Waals surface area contributed by atoms with Crippen LogP contribution in [0.3, 0.4) is 0 Å². The lowest BCUT2D eigenvalue weighted by Crippen LogP contribution is -2.57. The predicted octanol–water partition coefficient (Wildman–Crippen LogP) is 2.68. The van der Waals surface area contributed by atoms with Gasteiger partial charge < -0.3 is 15.1 Å². The van der Waals surface area contributed by atoms with Crippen molar-refractivity contribution in [3.8, 4) is 9.88 Å². The molecule has 2 aromatic rings. The van der Waals surface area contributed by atoms with Crippen LogP contribution in [0.1, 0.15) is 18.5 Å². The Kier molecular flexibility index (Phi) is 8.70. The number of nitrogens with one attached hydrogen (secondary N) is 1. The number of piperidine rings is 1. The van der Waals surface area contributed by atoms with Gasteiger partial charge in [0.25, 0.3) is 0 Å². The molecule has 0 saturated carbocycles. The third-order valence-corrected chi connectivity index (χ3v) is 6.86. The Balaban J connectivity index is 0.00000140. The number of amides is 2. The van der Waals surface area contributed by atoms with Gasteiger partial charge in [-0.2, -0.15) is 0 Å². The molecule has 4 rings (SSSR count). The average molecular weight is 463 g/mol. The van der Waals surface area contributed by atoms with Crippen molar-refractivity contribution in [2.24, 2.45) is 0 Å². The first-order valence-electron chi connectivity index (χ1n) is 8.97. The van der Waals surface area contributed by atoms with Gasteiger partial charge in [0.15, 0.2) is 0 Å². The van der Waals surface area contributed by atoms with E-state index in [2.05, 4.69) is 16.4 Å². The van der Waals surface area contributed by atoms with Crippen LogP contribution in [0.15, 0.2) is 22.9 Å². The number of halogens is 2. The van der Waals surface area contributed by atoms with E-state index in [1.165, 1.54) is 0 Å². The normalized spacial score (nSPS) is 19.7. The van der Waals surface area contributed by atoms with E-state index < -0.39 is 0 Å². The molecule has 0 radical (unpaired) electrons. The molecule has 2 aliphatic rings. The van der Waals surface area contributed by atoms with Crippen LogP contribution in [-0.2, 0) is 16.0 Å². The van der Waals surface area contributed by atoms with Crippen LogP contribution in [0.5, 0.6) is 0 Å². The first-order valence-corrected chi connectivity index (χ1v) is 10.7. The minimum atomic E-state index is 0. The van der Waals surface area contributed by atoms with E-state index in [0.29, 0.717) is 19.5 Å². The van der Waals surface area contributed by atoms with E-state index in [-0.39, 0.29) is 42.7 Å². The van der Waals surface area contributed by atoms with E-state index in [4.69, 9.17) is 0 Å². The van der Waals surface area contributed by atoms with Gasteiger partial charge in [0.1, 0.15) is 5.01 Å². The van der Waals surface area contributed by atoms with Crippen molar-refractivity contribution in [2.75, 3.05) is 32.7 Å². The Hall–Kier alpha value is -1.19. The molecular formula is C18H24Cl2N4O2S2. The van der Waals surface area contributed by atoms with E-state index in [1.807, 2.05) is 26.6 Å². The Bertz CT molecular complexity index is 784. The van der Waals surface area contributed by atoms with Gasteiger partial charge in [-0.15, -0.1) is 47.5 Å². The lowest BCUT2D eigenvalue weighted by Gasteiger charge is -2.41. The van der Waals surface area contributed by atoms with Gasteiger partial charge >= 0.3 is 0 Å². The number of carbonyl (C=O) groups excluding carboxylic acids is 2. The van der Waals surface area contributed by atoms with E-state index >= 15 is 0 Å². The highest BCUT2D eigenvalue weighted by Crippen LogP contribution is 2.28. The Morgan fingerprint density at radius 1 is 1.29 bits per heavy atom. The number of thiophene rings is 1. The van der Waals surface area contributed by atoms with Gasteiger partial charge in [-0.25, -0.2) is 4.98 Å². The summed E-state index contributed by atoms with van der Waals surface area (Å²) in [5.74, 6) is 0.260. The molecule has 1 atom stereocenters. The fraction of sp³-hybridized carbons (Fsp3) is 0.500. The Morgan fingerprint density at radius 3 is 2.89 bits per heavy atom. The molecule has 0 aromatic carbocycles. The molecule has 154 valence electrons. The van der Waals surface area contributed by atoms with Gasteiger partial charge in [-0.05, 0) is 24.3 Å². The van der Waals surface area contributed by atoms with Crippen LogP contribution < -0.4 is 5.32 Å². The number of thiazole rings is 1. The molecule has 6 nitrogen and oxygen atoms in total. The standard InChI is InChI=1S/C18H22N4O2S2.2ClH/c23-16(9-13-12-26-18(20-13)15-4-2-8-25-15)21-6-1-3-14(11-21)22-7-5-19-10-17(22)24;;/h2,4,8,12,14,19H,1,3,5-7,9-11H2;2*1H. The molecule has 2 fully saturated rings. The van der Waals surface area contributed by atoms with Gasteiger partial charge in [0, 0.05) is 37.6 Å². The van der Waals surface area contributed by atoms with Crippen LogP contribution in [0.25, 0.3) is 9.88 Å². The second kappa shape index (κ2) is 10.5. The molecule has 0 spiro atoms. The Morgan fingerprint density at radius 2 is 2.14 bits per heavy atom. The molecule has 2 aromatic heterocycles. The second-order valence-electron chi connectivity index (χ2n) is 6.70. The molecule has 1 unspecified atom stereocenters. The highest BCUT2D eigenvalue weighted by molar-refractivity contribution is 7.20. The van der Waals surface area contributed by atoms with Crippen molar-refractivity contribution in [2.45, 2.75) is 25.3 Å². The SMILES string of the molecule is Cl.Cl.O=C(Cc1csc(-c2cccs2)n1)N1CCCC(N2CCNCC2=O)C1. The largest absolute Gasteiger partial charge is 0.340 e. The summed E-state index contributed by atoms with van der Waals surface area (Å²) in [6.45, 7) is 3.40. The van der Waals surface area contributed by atoms with Crippen molar-refractivity contribution < 1.29 is 9.59 Å². The zero-order valence-electron chi connectivity index (χ0n) is 15.3. The number of carbonyl (C=O) groups is 2. The van der Waals surface area contributed by atoms with E-state index in [0.717, 1.165) is 48.1 Å². The fourth-order valence-electron chi connectivity index (χ4n) is 3.61. The molecule has 0 bridgehead atoms. The second-order valence-corrected chi connectivity index (χ2v) is 8.50. The summed E-state index contributed by atoms with van der Waals surface area (Å²) in [5, 5.41) is 8.10. The number of rotatable bonds is 4. The molecule has 0 aliphatic carbocycles. The maximum Gasteiger partial charge on any atom is 0.236 e. The minimum absolute atomic E-state index is 0. The highest BCUT2D eigenvalue weighted by atomic mass is 35.5. The van der Waals surface area contributed by atoms with E-state index in [9.17, 15) is 9.59 Å². The molecule has 10 heteroatoms. The van der Waals surface area contributed by atoms with Crippen LogP contribution in [-0.4, -0.2) is 65.4 Å². The highest BCUT2D eigenvalue weighted by Gasteiger charge is 2.31. The molecule has 1 N–H and O–H groups in total. The smallest absolute Gasteiger partial charge is 0.236 e. The summed E-state index contributed by atoms with van der Waals surface area (Å²) in [4.78, 5) is 34.5. The molecule has 4 heterocycles. The summed E-state index contributed by atoms with van der Waals surface area (Å²) in [6.07, 6.45) is 2.27. The quantitative estimate of drug-likeness (QED) is 0.758. The van der Waals surface area contributed by atoms with Crippen LogP contribution in [0.2, 0.25) is 0 Å². The zero-order chi connectivity index (χ0) is 17.9. The predicted molar refractivity (Wildman–Crippen MR) is 118 cm³/mol. The Labute approximate surface area is 185 Å². The number of hydrogen-bond acceptors (Lipinski definition) is 6. The van der Waals surface area contributed by atoms with Crippen LogP contribution >= 0.6 is 47.5 Å². The summed E-state index contributed by atoms with van der Waals surface area (Å²) in [7, 11) is 0. The maximum absolute atomic E-state index is 12.8. The molecule has 2 aliphatic heterocycles. The molecule has 2 saturated heterocycles. The maximum atomic E-state index is 12.8. The lowest BCUT2D eigenvalue weighted by atomic mass is 10.0. The van der Waals surface area contributed by atoms with Crippen molar-refractivity contribution in [3.63, 3.8) is 0 Å². The number of hydrogen-bond donors (Lipinski definition) is 1. The number of piperazine rings is 1. The van der Waals surface area contributed by atoms with Gasteiger partial charge in [0.2, 0.25) is 11.8 Å². The first-order chi connectivity index (χ1) is 12.7. The number of nitrogens with zero attached hydrogens (tertiary/aromatic N) is 3.